The van der Waals surface area contributed by atoms with Gasteiger partial charge in [-0.15, -0.1) is 0 Å². The molecule has 0 saturated carbocycles. The third kappa shape index (κ3) is 4.56. The highest BCUT2D eigenvalue weighted by Gasteiger charge is 2.25. The first-order valence-corrected chi connectivity index (χ1v) is 11.7. The van der Waals surface area contributed by atoms with E-state index in [1.165, 1.54) is 11.1 Å². The molecule has 0 bridgehead atoms. The fourth-order valence-corrected chi connectivity index (χ4v) is 5.15. The van der Waals surface area contributed by atoms with Crippen LogP contribution in [0.1, 0.15) is 38.8 Å². The number of H-pyrrole nitrogens is 1. The molecule has 32 heavy (non-hydrogen) atoms. The molecular weight excluding hydrogens is 509 g/mol. The number of imidazole rings is 1. The van der Waals surface area contributed by atoms with Crippen LogP contribution in [0, 0.1) is 13.8 Å². The maximum absolute atomic E-state index is 13.3. The van der Waals surface area contributed by atoms with Gasteiger partial charge in [0.15, 0.2) is 0 Å². The van der Waals surface area contributed by atoms with Crippen LogP contribution >= 0.6 is 39.1 Å². The van der Waals surface area contributed by atoms with E-state index in [1.807, 2.05) is 30.3 Å². The predicted octanol–water partition coefficient (Wildman–Crippen LogP) is 7.15. The van der Waals surface area contributed by atoms with Crippen LogP contribution in [0.3, 0.4) is 0 Å². The Bertz CT molecular complexity index is 1240. The summed E-state index contributed by atoms with van der Waals surface area (Å²) in [5.74, 6) is 0.422. The molecule has 0 spiro atoms. The summed E-state index contributed by atoms with van der Waals surface area (Å²) < 4.78 is 0.724. The van der Waals surface area contributed by atoms with E-state index in [0.717, 1.165) is 26.9 Å². The number of benzene rings is 3. The van der Waals surface area contributed by atoms with Gasteiger partial charge in [0.05, 0.1) is 32.6 Å². The minimum Gasteiger partial charge on any atom is -0.341 e. The van der Waals surface area contributed by atoms with Gasteiger partial charge < -0.3 is 9.88 Å². The van der Waals surface area contributed by atoms with Gasteiger partial charge in [-0.1, -0.05) is 69.5 Å². The Morgan fingerprint density at radius 3 is 2.34 bits per heavy atom. The molecule has 0 fully saturated rings. The summed E-state index contributed by atoms with van der Waals surface area (Å²) in [5.41, 5.74) is 5.65. The van der Waals surface area contributed by atoms with Crippen LogP contribution in [0.4, 0.5) is 0 Å². The second kappa shape index (κ2) is 9.26. The lowest BCUT2D eigenvalue weighted by Gasteiger charge is -2.24. The van der Waals surface area contributed by atoms with E-state index in [1.54, 1.807) is 24.1 Å². The number of aromatic amines is 1. The standard InChI is InChI=1S/C25H22BrCl2N3O/c1-14-9-21-22(10-15(14)2)30-24(29-21)18(16-7-5-4-6-8-16)13-31(3)25(32)23-19(27)11-17(26)12-20(23)28/h4-12,18H,13H2,1-3H3,(H,29,30). The maximum Gasteiger partial charge on any atom is 0.256 e. The first kappa shape index (κ1) is 22.8. The monoisotopic (exact) mass is 529 g/mol. The largest absolute Gasteiger partial charge is 0.341 e. The number of hydrogen-bond acceptors (Lipinski definition) is 2. The molecule has 164 valence electrons. The molecule has 3 aromatic carbocycles. The summed E-state index contributed by atoms with van der Waals surface area (Å²) in [5, 5.41) is 0.624. The lowest BCUT2D eigenvalue weighted by Crippen LogP contribution is -2.32. The summed E-state index contributed by atoms with van der Waals surface area (Å²) >= 11 is 16.0. The van der Waals surface area contributed by atoms with Crippen LogP contribution in [0.15, 0.2) is 59.1 Å². The maximum atomic E-state index is 13.3. The zero-order chi connectivity index (χ0) is 23.0. The second-order valence-electron chi connectivity index (χ2n) is 7.97. The number of halogens is 3. The molecule has 0 aliphatic rings. The molecule has 1 heterocycles. The van der Waals surface area contributed by atoms with Gasteiger partial charge >= 0.3 is 0 Å². The van der Waals surface area contributed by atoms with Crippen molar-refractivity contribution in [2.24, 2.45) is 0 Å². The zero-order valence-electron chi connectivity index (χ0n) is 17.9. The number of carbonyl (C=O) groups excluding carboxylic acids is 1. The van der Waals surface area contributed by atoms with Gasteiger partial charge in [0.25, 0.3) is 5.91 Å². The minimum atomic E-state index is -0.240. The van der Waals surface area contributed by atoms with E-state index < -0.39 is 0 Å². The Morgan fingerprint density at radius 1 is 1.06 bits per heavy atom. The quantitative estimate of drug-likeness (QED) is 0.297. The Balaban J connectivity index is 1.72. The fourth-order valence-electron chi connectivity index (χ4n) is 3.78. The van der Waals surface area contributed by atoms with Crippen molar-refractivity contribution >= 4 is 56.1 Å². The predicted molar refractivity (Wildman–Crippen MR) is 135 cm³/mol. The van der Waals surface area contributed by atoms with Gasteiger partial charge in [0.1, 0.15) is 5.82 Å². The van der Waals surface area contributed by atoms with Gasteiger partial charge in [-0.25, -0.2) is 4.98 Å². The molecule has 0 aliphatic heterocycles. The Kier molecular flexibility index (Phi) is 6.61. The van der Waals surface area contributed by atoms with Crippen molar-refractivity contribution in [2.75, 3.05) is 13.6 Å². The molecule has 0 radical (unpaired) electrons. The van der Waals surface area contributed by atoms with E-state index in [4.69, 9.17) is 28.2 Å². The number of fused-ring (bicyclic) bond motifs is 1. The van der Waals surface area contributed by atoms with Gasteiger partial charge in [-0.05, 0) is 54.8 Å². The summed E-state index contributed by atoms with van der Waals surface area (Å²) in [7, 11) is 1.75. The first-order chi connectivity index (χ1) is 15.2. The van der Waals surface area contributed by atoms with E-state index in [-0.39, 0.29) is 11.8 Å². The number of nitrogens with zero attached hydrogens (tertiary/aromatic N) is 2. The molecule has 0 aliphatic carbocycles. The zero-order valence-corrected chi connectivity index (χ0v) is 21.0. The van der Waals surface area contributed by atoms with Crippen molar-refractivity contribution < 1.29 is 4.79 Å². The summed E-state index contributed by atoms with van der Waals surface area (Å²) in [6, 6.07) is 17.6. The number of likely N-dealkylation sites (N-methyl/N-ethyl adjacent to an activating group) is 1. The minimum absolute atomic E-state index is 0.147. The van der Waals surface area contributed by atoms with Crippen molar-refractivity contribution in [3.63, 3.8) is 0 Å². The molecule has 7 heteroatoms. The smallest absolute Gasteiger partial charge is 0.256 e. The molecule has 1 unspecified atom stereocenters. The third-order valence-electron chi connectivity index (χ3n) is 5.67. The number of aromatic nitrogens is 2. The molecule has 1 amide bonds. The van der Waals surface area contributed by atoms with E-state index in [0.29, 0.717) is 22.2 Å². The van der Waals surface area contributed by atoms with Crippen LogP contribution in [-0.2, 0) is 0 Å². The molecular formula is C25H22BrCl2N3O. The molecule has 1 aromatic heterocycles. The molecule has 1 N–H and O–H groups in total. The van der Waals surface area contributed by atoms with Crippen molar-refractivity contribution in [3.05, 3.63) is 97.2 Å². The Labute approximate surface area is 205 Å². The summed E-state index contributed by atoms with van der Waals surface area (Å²) in [6.07, 6.45) is 0. The van der Waals surface area contributed by atoms with E-state index in [9.17, 15) is 4.79 Å². The molecule has 4 nitrogen and oxygen atoms in total. The van der Waals surface area contributed by atoms with Gasteiger partial charge in [0.2, 0.25) is 0 Å². The lowest BCUT2D eigenvalue weighted by molar-refractivity contribution is 0.0790. The molecule has 1 atom stereocenters. The van der Waals surface area contributed by atoms with Crippen molar-refractivity contribution in [1.29, 1.82) is 0 Å². The molecule has 4 rings (SSSR count). The van der Waals surface area contributed by atoms with Gasteiger partial charge in [0, 0.05) is 18.1 Å². The third-order valence-corrected chi connectivity index (χ3v) is 6.73. The Hall–Kier alpha value is -2.34. The summed E-state index contributed by atoms with van der Waals surface area (Å²) in [6.45, 7) is 4.57. The first-order valence-electron chi connectivity index (χ1n) is 10.2. The fraction of sp³-hybridized carbons (Fsp3) is 0.200. The van der Waals surface area contributed by atoms with Crippen LogP contribution in [-0.4, -0.2) is 34.4 Å². The number of nitrogens with one attached hydrogen (secondary N) is 1. The van der Waals surface area contributed by atoms with Crippen LogP contribution in [0.25, 0.3) is 11.0 Å². The normalized spacial score (nSPS) is 12.2. The van der Waals surface area contributed by atoms with Crippen LogP contribution < -0.4 is 0 Å². The molecule has 0 saturated heterocycles. The number of carbonyl (C=O) groups is 1. The van der Waals surface area contributed by atoms with Gasteiger partial charge in [-0.3, -0.25) is 4.79 Å². The molecule has 4 aromatic rings. The van der Waals surface area contributed by atoms with Crippen molar-refractivity contribution in [1.82, 2.24) is 14.9 Å². The number of amides is 1. The lowest BCUT2D eigenvalue weighted by atomic mass is 9.97. The SMILES string of the molecule is Cc1cc2nc(C(CN(C)C(=O)c3c(Cl)cc(Br)cc3Cl)c3ccccc3)[nH]c2cc1C. The van der Waals surface area contributed by atoms with Gasteiger partial charge in [-0.2, -0.15) is 0 Å². The highest BCUT2D eigenvalue weighted by atomic mass is 79.9. The number of rotatable bonds is 5. The van der Waals surface area contributed by atoms with E-state index >= 15 is 0 Å². The van der Waals surface area contributed by atoms with Crippen molar-refractivity contribution in [3.8, 4) is 0 Å². The highest BCUT2D eigenvalue weighted by Crippen LogP contribution is 2.32. The average molecular weight is 531 g/mol. The average Bonchev–Trinajstić information content (AvgIpc) is 3.14. The van der Waals surface area contributed by atoms with E-state index in [2.05, 4.69) is 46.9 Å². The topological polar surface area (TPSA) is 49.0 Å². The highest BCUT2D eigenvalue weighted by molar-refractivity contribution is 9.10. The summed E-state index contributed by atoms with van der Waals surface area (Å²) in [4.78, 5) is 23.3. The Morgan fingerprint density at radius 2 is 1.69 bits per heavy atom. The number of aryl methyl sites for hydroxylation is 2. The number of hydrogen-bond donors (Lipinski definition) is 1. The van der Waals surface area contributed by atoms with Crippen LogP contribution in [0.2, 0.25) is 10.0 Å². The van der Waals surface area contributed by atoms with Crippen LogP contribution in [0.5, 0.6) is 0 Å². The second-order valence-corrected chi connectivity index (χ2v) is 9.70. The van der Waals surface area contributed by atoms with Crippen molar-refractivity contribution in [2.45, 2.75) is 19.8 Å².